The summed E-state index contributed by atoms with van der Waals surface area (Å²) >= 11 is 0. The van der Waals surface area contributed by atoms with Crippen molar-refractivity contribution in [1.82, 2.24) is 10.8 Å². The van der Waals surface area contributed by atoms with Gasteiger partial charge >= 0.3 is 0 Å². The Bertz CT molecular complexity index is 246. The maximum Gasteiger partial charge on any atom is 0.240 e. The molecule has 0 fully saturated rings. The summed E-state index contributed by atoms with van der Waals surface area (Å²) in [6.45, 7) is 12.2. The predicted octanol–water partition coefficient (Wildman–Crippen LogP) is 2.10. The molecule has 0 aliphatic carbocycles. The molecule has 2 atom stereocenters. The van der Waals surface area contributed by atoms with E-state index in [0.717, 1.165) is 12.8 Å². The number of hydroxylamine groups is 1. The van der Waals surface area contributed by atoms with Crippen LogP contribution in [-0.4, -0.2) is 23.7 Å². The van der Waals surface area contributed by atoms with Crippen molar-refractivity contribution in [3.8, 4) is 0 Å². The SMILES string of the molecule is C=C[C@H](CC)CCNC(=O)[C@@H](NO)C(C)(C)C. The summed E-state index contributed by atoms with van der Waals surface area (Å²) in [5.41, 5.74) is 1.76. The van der Waals surface area contributed by atoms with Crippen LogP contribution in [0.1, 0.15) is 40.5 Å². The molecule has 0 radical (unpaired) electrons. The van der Waals surface area contributed by atoms with E-state index >= 15 is 0 Å². The summed E-state index contributed by atoms with van der Waals surface area (Å²) in [5, 5.41) is 11.8. The highest BCUT2D eigenvalue weighted by Crippen LogP contribution is 2.19. The van der Waals surface area contributed by atoms with E-state index in [0.29, 0.717) is 12.5 Å². The molecule has 0 aromatic rings. The van der Waals surface area contributed by atoms with Crippen molar-refractivity contribution in [3.63, 3.8) is 0 Å². The minimum absolute atomic E-state index is 0.168. The molecule has 100 valence electrons. The van der Waals surface area contributed by atoms with Crippen molar-refractivity contribution >= 4 is 5.91 Å². The van der Waals surface area contributed by atoms with E-state index in [1.54, 1.807) is 0 Å². The normalized spacial score (nSPS) is 15.1. The van der Waals surface area contributed by atoms with Crippen molar-refractivity contribution in [2.75, 3.05) is 6.54 Å². The molecule has 0 aliphatic heterocycles. The van der Waals surface area contributed by atoms with Gasteiger partial charge in [0.15, 0.2) is 0 Å². The Kier molecular flexibility index (Phi) is 7.07. The van der Waals surface area contributed by atoms with E-state index in [4.69, 9.17) is 5.21 Å². The Morgan fingerprint density at radius 2 is 2.06 bits per heavy atom. The van der Waals surface area contributed by atoms with Crippen LogP contribution in [0.15, 0.2) is 12.7 Å². The molecule has 0 aromatic heterocycles. The highest BCUT2D eigenvalue weighted by Gasteiger charge is 2.30. The Morgan fingerprint density at radius 3 is 2.41 bits per heavy atom. The second kappa shape index (κ2) is 7.45. The van der Waals surface area contributed by atoms with Crippen molar-refractivity contribution in [2.24, 2.45) is 11.3 Å². The number of nitrogens with one attached hydrogen (secondary N) is 2. The summed E-state index contributed by atoms with van der Waals surface area (Å²) in [7, 11) is 0. The fraction of sp³-hybridized carbons (Fsp3) is 0.769. The lowest BCUT2D eigenvalue weighted by atomic mass is 9.86. The minimum atomic E-state index is -0.591. The fourth-order valence-electron chi connectivity index (χ4n) is 1.62. The third kappa shape index (κ3) is 5.84. The topological polar surface area (TPSA) is 61.4 Å². The first-order valence-electron chi connectivity index (χ1n) is 6.16. The molecular weight excluding hydrogens is 216 g/mol. The van der Waals surface area contributed by atoms with Gasteiger partial charge in [-0.15, -0.1) is 6.58 Å². The Hall–Kier alpha value is -0.870. The summed E-state index contributed by atoms with van der Waals surface area (Å²) in [6.07, 6.45) is 3.83. The summed E-state index contributed by atoms with van der Waals surface area (Å²) < 4.78 is 0. The Morgan fingerprint density at radius 1 is 1.47 bits per heavy atom. The van der Waals surface area contributed by atoms with Gasteiger partial charge < -0.3 is 10.5 Å². The lowest BCUT2D eigenvalue weighted by Crippen LogP contribution is -2.50. The Balaban J connectivity index is 4.12. The zero-order chi connectivity index (χ0) is 13.5. The van der Waals surface area contributed by atoms with Crippen molar-refractivity contribution in [3.05, 3.63) is 12.7 Å². The maximum absolute atomic E-state index is 11.8. The number of hydrogen-bond donors (Lipinski definition) is 3. The van der Waals surface area contributed by atoms with Crippen LogP contribution in [0.3, 0.4) is 0 Å². The third-order valence-corrected chi connectivity index (χ3v) is 2.93. The predicted molar refractivity (Wildman–Crippen MR) is 69.8 cm³/mol. The van der Waals surface area contributed by atoms with E-state index in [1.807, 2.05) is 26.8 Å². The molecule has 0 aromatic carbocycles. The van der Waals surface area contributed by atoms with Crippen LogP contribution in [0.25, 0.3) is 0 Å². The molecular formula is C13H26N2O2. The van der Waals surface area contributed by atoms with Crippen LogP contribution >= 0.6 is 0 Å². The second-order valence-electron chi connectivity index (χ2n) is 5.41. The van der Waals surface area contributed by atoms with E-state index in [2.05, 4.69) is 24.3 Å². The molecule has 0 rings (SSSR count). The number of rotatable bonds is 7. The van der Waals surface area contributed by atoms with Gasteiger partial charge in [-0.1, -0.05) is 33.8 Å². The van der Waals surface area contributed by atoms with Crippen molar-refractivity contribution in [2.45, 2.75) is 46.6 Å². The first kappa shape index (κ1) is 16.1. The van der Waals surface area contributed by atoms with Crippen LogP contribution in [0.5, 0.6) is 0 Å². The molecule has 3 N–H and O–H groups in total. The fourth-order valence-corrected chi connectivity index (χ4v) is 1.62. The number of allylic oxidation sites excluding steroid dienone is 1. The highest BCUT2D eigenvalue weighted by atomic mass is 16.5. The van der Waals surface area contributed by atoms with Gasteiger partial charge in [0.1, 0.15) is 6.04 Å². The minimum Gasteiger partial charge on any atom is -0.355 e. The quantitative estimate of drug-likeness (QED) is 0.473. The van der Waals surface area contributed by atoms with Crippen LogP contribution in [0.4, 0.5) is 0 Å². The van der Waals surface area contributed by atoms with E-state index in [1.165, 1.54) is 0 Å². The average Bonchev–Trinajstić information content (AvgIpc) is 2.23. The van der Waals surface area contributed by atoms with Gasteiger partial charge in [0.2, 0.25) is 5.91 Å². The zero-order valence-corrected chi connectivity index (χ0v) is 11.4. The van der Waals surface area contributed by atoms with Crippen LogP contribution in [-0.2, 0) is 4.79 Å². The monoisotopic (exact) mass is 242 g/mol. The number of amides is 1. The molecule has 0 bridgehead atoms. The Labute approximate surface area is 104 Å². The summed E-state index contributed by atoms with van der Waals surface area (Å²) in [6, 6.07) is -0.591. The van der Waals surface area contributed by atoms with Gasteiger partial charge in [-0.3, -0.25) is 4.79 Å². The van der Waals surface area contributed by atoms with Gasteiger partial charge in [-0.25, -0.2) is 0 Å². The second-order valence-corrected chi connectivity index (χ2v) is 5.41. The van der Waals surface area contributed by atoms with Crippen LogP contribution in [0, 0.1) is 11.3 Å². The van der Waals surface area contributed by atoms with E-state index < -0.39 is 6.04 Å². The standard InChI is InChI=1S/C13H26N2O2/c1-6-10(7-2)8-9-14-12(16)11(15-17)13(3,4)5/h6,10-11,15,17H,1,7-9H2,2-5H3,(H,14,16)/t10-,11-/m1/s1. The molecule has 0 saturated heterocycles. The summed E-state index contributed by atoms with van der Waals surface area (Å²) in [5.74, 6) is 0.268. The van der Waals surface area contributed by atoms with Crippen LogP contribution < -0.4 is 10.8 Å². The largest absolute Gasteiger partial charge is 0.355 e. The van der Waals surface area contributed by atoms with E-state index in [-0.39, 0.29) is 11.3 Å². The maximum atomic E-state index is 11.8. The number of carbonyl (C=O) groups excluding carboxylic acids is 1. The van der Waals surface area contributed by atoms with Crippen molar-refractivity contribution < 1.29 is 10.0 Å². The van der Waals surface area contributed by atoms with Gasteiger partial charge in [-0.2, -0.15) is 5.48 Å². The molecule has 0 heterocycles. The summed E-state index contributed by atoms with van der Waals surface area (Å²) in [4.78, 5) is 11.8. The third-order valence-electron chi connectivity index (χ3n) is 2.93. The average molecular weight is 242 g/mol. The lowest BCUT2D eigenvalue weighted by Gasteiger charge is -2.28. The van der Waals surface area contributed by atoms with Crippen LogP contribution in [0.2, 0.25) is 0 Å². The molecule has 1 amide bonds. The van der Waals surface area contributed by atoms with Gasteiger partial charge in [-0.05, 0) is 24.2 Å². The molecule has 4 nitrogen and oxygen atoms in total. The van der Waals surface area contributed by atoms with Crippen molar-refractivity contribution in [1.29, 1.82) is 0 Å². The molecule has 0 spiro atoms. The molecule has 0 aliphatic rings. The first-order valence-corrected chi connectivity index (χ1v) is 6.16. The van der Waals surface area contributed by atoms with E-state index in [9.17, 15) is 4.79 Å². The van der Waals surface area contributed by atoms with Gasteiger partial charge in [0.05, 0.1) is 0 Å². The highest BCUT2D eigenvalue weighted by molar-refractivity contribution is 5.82. The van der Waals surface area contributed by atoms with Gasteiger partial charge in [0.25, 0.3) is 0 Å². The van der Waals surface area contributed by atoms with Gasteiger partial charge in [0, 0.05) is 6.54 Å². The number of hydrogen-bond acceptors (Lipinski definition) is 3. The molecule has 4 heteroatoms. The molecule has 0 unspecified atom stereocenters. The smallest absolute Gasteiger partial charge is 0.240 e. The first-order chi connectivity index (χ1) is 7.86. The molecule has 17 heavy (non-hydrogen) atoms. The zero-order valence-electron chi connectivity index (χ0n) is 11.4. The lowest BCUT2D eigenvalue weighted by molar-refractivity contribution is -0.129. The number of carbonyl (C=O) groups is 1. The molecule has 0 saturated carbocycles.